The van der Waals surface area contributed by atoms with E-state index in [0.29, 0.717) is 26.5 Å². The molecule has 0 amide bonds. The van der Waals surface area contributed by atoms with Gasteiger partial charge in [0, 0.05) is 17.3 Å². The molecule has 0 saturated heterocycles. The van der Waals surface area contributed by atoms with Crippen LogP contribution in [0.1, 0.15) is 22.5 Å². The molecule has 2 rings (SSSR count). The monoisotopic (exact) mass is 301 g/mol. The lowest BCUT2D eigenvalue weighted by Gasteiger charge is -2.00. The molecule has 19 heavy (non-hydrogen) atoms. The maximum atomic E-state index is 11.2. The minimum atomic E-state index is -1.15. The molecule has 1 aromatic carbocycles. The second kappa shape index (κ2) is 5.11. The van der Waals surface area contributed by atoms with Crippen LogP contribution >= 0.6 is 23.2 Å². The van der Waals surface area contributed by atoms with E-state index in [0.717, 1.165) is 0 Å². The van der Waals surface area contributed by atoms with Gasteiger partial charge in [0.2, 0.25) is 0 Å². The molecule has 0 aliphatic carbocycles. The summed E-state index contributed by atoms with van der Waals surface area (Å²) in [4.78, 5) is 24.5. The number of H-pyrrole nitrogens is 1. The Morgan fingerprint density at radius 3 is 2.37 bits per heavy atom. The van der Waals surface area contributed by atoms with Gasteiger partial charge in [-0.05, 0) is 24.1 Å². The number of nitrogens with one attached hydrogen (secondary N) is 1. The molecule has 0 atom stereocenters. The first-order valence-electron chi connectivity index (χ1n) is 5.35. The Balaban J connectivity index is 2.62. The number of rotatable bonds is 4. The van der Waals surface area contributed by atoms with Gasteiger partial charge >= 0.3 is 11.9 Å². The number of aromatic carboxylic acids is 1. The number of halogens is 2. The summed E-state index contributed by atoms with van der Waals surface area (Å²) in [5.41, 5.74) is 0.908. The van der Waals surface area contributed by atoms with E-state index >= 15 is 0 Å². The SMILES string of the molecule is O=C(O)CCc1c(C(=O)O)[nH]c2cc(Cl)c(Cl)cc12. The summed E-state index contributed by atoms with van der Waals surface area (Å²) in [7, 11) is 0. The molecule has 0 spiro atoms. The number of aromatic nitrogens is 1. The molecular weight excluding hydrogens is 293 g/mol. The predicted octanol–water partition coefficient (Wildman–Crippen LogP) is 3.19. The van der Waals surface area contributed by atoms with Crippen molar-refractivity contribution in [3.63, 3.8) is 0 Å². The minimum Gasteiger partial charge on any atom is -0.481 e. The molecule has 2 aromatic rings. The second-order valence-corrected chi connectivity index (χ2v) is 4.80. The predicted molar refractivity (Wildman–Crippen MR) is 71.2 cm³/mol. The lowest BCUT2D eigenvalue weighted by molar-refractivity contribution is -0.136. The van der Waals surface area contributed by atoms with Gasteiger partial charge in [-0.3, -0.25) is 4.79 Å². The van der Waals surface area contributed by atoms with Crippen LogP contribution in [-0.4, -0.2) is 27.1 Å². The molecular formula is C12H9Cl2NO4. The van der Waals surface area contributed by atoms with Crippen LogP contribution in [0.25, 0.3) is 10.9 Å². The number of carboxylic acids is 2. The van der Waals surface area contributed by atoms with Crippen LogP contribution in [-0.2, 0) is 11.2 Å². The highest BCUT2D eigenvalue weighted by atomic mass is 35.5. The third-order valence-electron chi connectivity index (χ3n) is 2.75. The average Bonchev–Trinajstić information content (AvgIpc) is 2.65. The Morgan fingerprint density at radius 1 is 1.16 bits per heavy atom. The van der Waals surface area contributed by atoms with Gasteiger partial charge in [0.25, 0.3) is 0 Å². The molecule has 0 radical (unpaired) electrons. The Labute approximate surface area is 117 Å². The zero-order valence-electron chi connectivity index (χ0n) is 9.54. The quantitative estimate of drug-likeness (QED) is 0.809. The van der Waals surface area contributed by atoms with Crippen LogP contribution in [0.4, 0.5) is 0 Å². The number of carboxylic acid groups (broad SMARTS) is 2. The lowest BCUT2D eigenvalue weighted by atomic mass is 10.1. The molecule has 0 aliphatic heterocycles. The van der Waals surface area contributed by atoms with Crippen molar-refractivity contribution >= 4 is 46.0 Å². The van der Waals surface area contributed by atoms with E-state index in [1.807, 2.05) is 0 Å². The smallest absolute Gasteiger partial charge is 0.352 e. The van der Waals surface area contributed by atoms with E-state index in [4.69, 9.17) is 33.4 Å². The third-order valence-corrected chi connectivity index (χ3v) is 3.47. The summed E-state index contributed by atoms with van der Waals surface area (Å²) in [5, 5.41) is 19.0. The van der Waals surface area contributed by atoms with Crippen molar-refractivity contribution in [2.24, 2.45) is 0 Å². The van der Waals surface area contributed by atoms with Crippen molar-refractivity contribution in [2.45, 2.75) is 12.8 Å². The second-order valence-electron chi connectivity index (χ2n) is 3.99. The molecule has 0 fully saturated rings. The number of benzene rings is 1. The van der Waals surface area contributed by atoms with Crippen LogP contribution in [0, 0.1) is 0 Å². The molecule has 7 heteroatoms. The van der Waals surface area contributed by atoms with Gasteiger partial charge in [0.05, 0.1) is 10.0 Å². The van der Waals surface area contributed by atoms with E-state index in [2.05, 4.69) is 4.98 Å². The van der Waals surface area contributed by atoms with Crippen molar-refractivity contribution in [3.8, 4) is 0 Å². The van der Waals surface area contributed by atoms with Gasteiger partial charge in [0.15, 0.2) is 0 Å². The molecule has 100 valence electrons. The van der Waals surface area contributed by atoms with Crippen molar-refractivity contribution in [1.29, 1.82) is 0 Å². The van der Waals surface area contributed by atoms with Crippen molar-refractivity contribution < 1.29 is 19.8 Å². The summed E-state index contributed by atoms with van der Waals surface area (Å²) in [6.07, 6.45) is -0.0532. The van der Waals surface area contributed by atoms with Gasteiger partial charge in [0.1, 0.15) is 5.69 Å². The highest BCUT2D eigenvalue weighted by molar-refractivity contribution is 6.42. The molecule has 0 saturated carbocycles. The molecule has 5 nitrogen and oxygen atoms in total. The maximum Gasteiger partial charge on any atom is 0.352 e. The summed E-state index contributed by atoms with van der Waals surface area (Å²) < 4.78 is 0. The van der Waals surface area contributed by atoms with E-state index < -0.39 is 11.9 Å². The molecule has 1 heterocycles. The number of aryl methyl sites for hydroxylation is 1. The molecule has 0 unspecified atom stereocenters. The van der Waals surface area contributed by atoms with Gasteiger partial charge in [-0.2, -0.15) is 0 Å². The number of hydrogen-bond donors (Lipinski definition) is 3. The molecule has 0 bridgehead atoms. The molecule has 0 aliphatic rings. The number of hydrogen-bond acceptors (Lipinski definition) is 2. The van der Waals surface area contributed by atoms with E-state index in [9.17, 15) is 9.59 Å². The van der Waals surface area contributed by atoms with Crippen LogP contribution in [0.15, 0.2) is 12.1 Å². The first kappa shape index (κ1) is 13.7. The summed E-state index contributed by atoms with van der Waals surface area (Å²) >= 11 is 11.8. The summed E-state index contributed by atoms with van der Waals surface area (Å²) in [5.74, 6) is -2.14. The molecule has 1 aromatic heterocycles. The number of fused-ring (bicyclic) bond motifs is 1. The summed E-state index contributed by atoms with van der Waals surface area (Å²) in [6.45, 7) is 0. The van der Waals surface area contributed by atoms with Gasteiger partial charge in [-0.15, -0.1) is 0 Å². The minimum absolute atomic E-state index is 0.0328. The van der Waals surface area contributed by atoms with Crippen LogP contribution in [0.3, 0.4) is 0 Å². The standard InChI is InChI=1S/C12H9Cl2NO4/c13-7-3-6-5(1-2-10(16)17)11(12(18)19)15-9(6)4-8(7)14/h3-4,15H,1-2H2,(H,16,17)(H,18,19). The Kier molecular flexibility index (Phi) is 3.68. The van der Waals surface area contributed by atoms with Crippen LogP contribution in [0.2, 0.25) is 10.0 Å². The maximum absolute atomic E-state index is 11.2. The number of carbonyl (C=O) groups is 2. The van der Waals surface area contributed by atoms with E-state index in [-0.39, 0.29) is 18.5 Å². The van der Waals surface area contributed by atoms with Crippen LogP contribution < -0.4 is 0 Å². The van der Waals surface area contributed by atoms with Crippen LogP contribution in [0.5, 0.6) is 0 Å². The number of aliphatic carboxylic acids is 1. The Morgan fingerprint density at radius 2 is 1.79 bits per heavy atom. The normalized spacial score (nSPS) is 10.8. The van der Waals surface area contributed by atoms with E-state index in [1.54, 1.807) is 6.07 Å². The fourth-order valence-electron chi connectivity index (χ4n) is 1.92. The first-order chi connectivity index (χ1) is 8.90. The average molecular weight is 302 g/mol. The van der Waals surface area contributed by atoms with E-state index in [1.165, 1.54) is 6.07 Å². The highest BCUT2D eigenvalue weighted by Crippen LogP contribution is 2.31. The van der Waals surface area contributed by atoms with Crippen molar-refractivity contribution in [2.75, 3.05) is 0 Å². The van der Waals surface area contributed by atoms with Crippen molar-refractivity contribution in [3.05, 3.63) is 33.4 Å². The Hall–Kier alpha value is -1.72. The first-order valence-corrected chi connectivity index (χ1v) is 6.10. The van der Waals surface area contributed by atoms with Gasteiger partial charge in [-0.1, -0.05) is 23.2 Å². The largest absolute Gasteiger partial charge is 0.481 e. The zero-order chi connectivity index (χ0) is 14.2. The number of aromatic amines is 1. The lowest BCUT2D eigenvalue weighted by Crippen LogP contribution is -2.04. The molecule has 3 N–H and O–H groups in total. The third kappa shape index (κ3) is 2.67. The highest BCUT2D eigenvalue weighted by Gasteiger charge is 2.18. The summed E-state index contributed by atoms with van der Waals surface area (Å²) in [6, 6.07) is 3.06. The fraction of sp³-hybridized carbons (Fsp3) is 0.167. The Bertz CT molecular complexity index is 678. The van der Waals surface area contributed by atoms with Gasteiger partial charge < -0.3 is 15.2 Å². The fourth-order valence-corrected chi connectivity index (χ4v) is 2.25. The zero-order valence-corrected chi connectivity index (χ0v) is 11.0. The topological polar surface area (TPSA) is 90.4 Å². The van der Waals surface area contributed by atoms with Crippen molar-refractivity contribution in [1.82, 2.24) is 4.98 Å². The van der Waals surface area contributed by atoms with Gasteiger partial charge in [-0.25, -0.2) is 4.79 Å².